The van der Waals surface area contributed by atoms with Crippen LogP contribution in [0.5, 0.6) is 0 Å². The quantitative estimate of drug-likeness (QED) is 0.824. The summed E-state index contributed by atoms with van der Waals surface area (Å²) in [6, 6.07) is 9.19. The molecule has 0 aliphatic heterocycles. The summed E-state index contributed by atoms with van der Waals surface area (Å²) in [6.07, 6.45) is 3.16. The third kappa shape index (κ3) is 4.14. The zero-order chi connectivity index (χ0) is 15.5. The van der Waals surface area contributed by atoms with Crippen molar-refractivity contribution in [3.05, 3.63) is 40.9 Å². The molecule has 1 aromatic carbocycles. The molecular weight excluding hydrogens is 276 g/mol. The Hall–Kier alpha value is -1.19. The largest absolute Gasteiger partial charge is 0.309 e. The fourth-order valence-electron chi connectivity index (χ4n) is 2.19. The molecule has 2 nitrogen and oxygen atoms in total. The van der Waals surface area contributed by atoms with Gasteiger partial charge in [0.1, 0.15) is 5.01 Å². The van der Waals surface area contributed by atoms with E-state index < -0.39 is 0 Å². The molecule has 1 unspecified atom stereocenters. The van der Waals surface area contributed by atoms with Crippen molar-refractivity contribution < 1.29 is 0 Å². The summed E-state index contributed by atoms with van der Waals surface area (Å²) in [4.78, 5) is 5.89. The minimum atomic E-state index is 0.200. The molecule has 1 heterocycles. The lowest BCUT2D eigenvalue weighted by atomic mass is 9.87. The van der Waals surface area contributed by atoms with Crippen LogP contribution in [-0.2, 0) is 5.41 Å². The summed E-state index contributed by atoms with van der Waals surface area (Å²) in [5.74, 6) is 0. The first-order valence-electron chi connectivity index (χ1n) is 7.72. The molecule has 0 bridgehead atoms. The van der Waals surface area contributed by atoms with Crippen LogP contribution in [0.2, 0.25) is 0 Å². The van der Waals surface area contributed by atoms with E-state index in [4.69, 9.17) is 0 Å². The Morgan fingerprint density at radius 3 is 2.43 bits per heavy atom. The molecule has 0 amide bonds. The standard InChI is InChI=1S/C18H26N2S/c1-6-11-19-13(2)16-12-20-17(21-16)14-7-9-15(10-8-14)18(3,4)5/h7-10,12-13,19H,6,11H2,1-5H3. The number of benzene rings is 1. The molecular formula is C18H26N2S. The first-order valence-corrected chi connectivity index (χ1v) is 8.53. The second-order valence-electron chi connectivity index (χ2n) is 6.57. The number of rotatable bonds is 5. The van der Waals surface area contributed by atoms with E-state index in [1.165, 1.54) is 16.0 Å². The molecule has 2 rings (SSSR count). The lowest BCUT2D eigenvalue weighted by Crippen LogP contribution is -2.18. The molecule has 0 aliphatic rings. The van der Waals surface area contributed by atoms with E-state index >= 15 is 0 Å². The normalized spacial score (nSPS) is 13.4. The first kappa shape index (κ1) is 16.2. The third-order valence-corrected chi connectivity index (χ3v) is 4.88. The summed E-state index contributed by atoms with van der Waals surface area (Å²) in [5.41, 5.74) is 2.77. The highest BCUT2D eigenvalue weighted by atomic mass is 32.1. The van der Waals surface area contributed by atoms with Crippen LogP contribution >= 0.6 is 11.3 Å². The van der Waals surface area contributed by atoms with E-state index in [0.717, 1.165) is 18.0 Å². The van der Waals surface area contributed by atoms with Gasteiger partial charge < -0.3 is 5.32 Å². The average Bonchev–Trinajstić information content (AvgIpc) is 2.94. The van der Waals surface area contributed by atoms with Crippen LogP contribution in [0.3, 0.4) is 0 Å². The minimum absolute atomic E-state index is 0.200. The van der Waals surface area contributed by atoms with E-state index in [9.17, 15) is 0 Å². The van der Waals surface area contributed by atoms with Crippen molar-refractivity contribution in [1.82, 2.24) is 10.3 Å². The van der Waals surface area contributed by atoms with Gasteiger partial charge in [0.25, 0.3) is 0 Å². The van der Waals surface area contributed by atoms with Gasteiger partial charge in [-0.05, 0) is 30.9 Å². The predicted molar refractivity (Wildman–Crippen MR) is 93.0 cm³/mol. The molecule has 0 saturated carbocycles. The number of hydrogen-bond acceptors (Lipinski definition) is 3. The van der Waals surface area contributed by atoms with Crippen molar-refractivity contribution in [2.24, 2.45) is 0 Å². The van der Waals surface area contributed by atoms with Gasteiger partial charge >= 0.3 is 0 Å². The summed E-state index contributed by atoms with van der Waals surface area (Å²) >= 11 is 1.78. The fourth-order valence-corrected chi connectivity index (χ4v) is 3.14. The van der Waals surface area contributed by atoms with Crippen molar-refractivity contribution in [1.29, 1.82) is 0 Å². The molecule has 3 heteroatoms. The molecule has 1 N–H and O–H groups in total. The van der Waals surface area contributed by atoms with E-state index in [1.54, 1.807) is 11.3 Å². The van der Waals surface area contributed by atoms with Crippen LogP contribution < -0.4 is 5.32 Å². The molecule has 0 aliphatic carbocycles. The monoisotopic (exact) mass is 302 g/mol. The smallest absolute Gasteiger partial charge is 0.123 e. The maximum Gasteiger partial charge on any atom is 0.123 e. The molecule has 21 heavy (non-hydrogen) atoms. The highest BCUT2D eigenvalue weighted by Crippen LogP contribution is 2.30. The zero-order valence-electron chi connectivity index (χ0n) is 13.7. The maximum absolute atomic E-state index is 4.59. The van der Waals surface area contributed by atoms with Gasteiger partial charge in [-0.1, -0.05) is 52.0 Å². The number of hydrogen-bond donors (Lipinski definition) is 1. The molecule has 1 atom stereocenters. The van der Waals surface area contributed by atoms with Crippen molar-refractivity contribution in [3.8, 4) is 10.6 Å². The Bertz CT molecular complexity index is 564. The van der Waals surface area contributed by atoms with Gasteiger partial charge in [0.15, 0.2) is 0 Å². The van der Waals surface area contributed by atoms with E-state index in [0.29, 0.717) is 6.04 Å². The van der Waals surface area contributed by atoms with Crippen molar-refractivity contribution in [2.45, 2.75) is 52.5 Å². The Kier molecular flexibility index (Phi) is 5.17. The van der Waals surface area contributed by atoms with E-state index in [1.807, 2.05) is 6.20 Å². The Morgan fingerprint density at radius 2 is 1.86 bits per heavy atom. The van der Waals surface area contributed by atoms with Crippen LogP contribution in [0, 0.1) is 0 Å². The highest BCUT2D eigenvalue weighted by molar-refractivity contribution is 7.15. The van der Waals surface area contributed by atoms with Gasteiger partial charge in [0, 0.05) is 22.7 Å². The van der Waals surface area contributed by atoms with Gasteiger partial charge in [-0.15, -0.1) is 11.3 Å². The number of aromatic nitrogens is 1. The van der Waals surface area contributed by atoms with Crippen LogP contribution in [-0.4, -0.2) is 11.5 Å². The number of nitrogens with one attached hydrogen (secondary N) is 1. The minimum Gasteiger partial charge on any atom is -0.309 e. The van der Waals surface area contributed by atoms with Gasteiger partial charge in [-0.25, -0.2) is 4.98 Å². The van der Waals surface area contributed by atoms with Crippen LogP contribution in [0.4, 0.5) is 0 Å². The average molecular weight is 302 g/mol. The Morgan fingerprint density at radius 1 is 1.19 bits per heavy atom. The van der Waals surface area contributed by atoms with Crippen molar-refractivity contribution >= 4 is 11.3 Å². The van der Waals surface area contributed by atoms with Crippen molar-refractivity contribution in [3.63, 3.8) is 0 Å². The van der Waals surface area contributed by atoms with Gasteiger partial charge in [0.2, 0.25) is 0 Å². The molecule has 0 fully saturated rings. The zero-order valence-corrected chi connectivity index (χ0v) is 14.6. The molecule has 2 aromatic rings. The SMILES string of the molecule is CCCNC(C)c1cnc(-c2ccc(C(C)(C)C)cc2)s1. The second-order valence-corrected chi connectivity index (χ2v) is 7.63. The van der Waals surface area contributed by atoms with Gasteiger partial charge in [-0.2, -0.15) is 0 Å². The van der Waals surface area contributed by atoms with Crippen LogP contribution in [0.1, 0.15) is 57.5 Å². The predicted octanol–water partition coefficient (Wildman–Crippen LogP) is 5.17. The Balaban J connectivity index is 2.14. The van der Waals surface area contributed by atoms with Crippen molar-refractivity contribution in [2.75, 3.05) is 6.54 Å². The van der Waals surface area contributed by atoms with Gasteiger partial charge in [0.05, 0.1) is 0 Å². The maximum atomic E-state index is 4.59. The Labute approximate surface area is 132 Å². The number of thiazole rings is 1. The summed E-state index contributed by atoms with van der Waals surface area (Å²) < 4.78 is 0. The van der Waals surface area contributed by atoms with E-state index in [2.05, 4.69) is 69.2 Å². The summed E-state index contributed by atoms with van der Waals surface area (Å²) in [5, 5.41) is 4.62. The van der Waals surface area contributed by atoms with Crippen LogP contribution in [0.15, 0.2) is 30.5 Å². The second kappa shape index (κ2) is 6.71. The molecule has 1 aromatic heterocycles. The topological polar surface area (TPSA) is 24.9 Å². The molecule has 0 saturated heterocycles. The van der Waals surface area contributed by atoms with Gasteiger partial charge in [-0.3, -0.25) is 0 Å². The molecule has 114 valence electrons. The lowest BCUT2D eigenvalue weighted by molar-refractivity contribution is 0.577. The third-order valence-electron chi connectivity index (χ3n) is 3.65. The lowest BCUT2D eigenvalue weighted by Gasteiger charge is -2.18. The summed E-state index contributed by atoms with van der Waals surface area (Å²) in [7, 11) is 0. The first-order chi connectivity index (χ1) is 9.91. The highest BCUT2D eigenvalue weighted by Gasteiger charge is 2.14. The van der Waals surface area contributed by atoms with E-state index in [-0.39, 0.29) is 5.41 Å². The molecule has 0 radical (unpaired) electrons. The van der Waals surface area contributed by atoms with Crippen LogP contribution in [0.25, 0.3) is 10.6 Å². The summed E-state index contributed by atoms with van der Waals surface area (Å²) in [6.45, 7) is 12.2. The number of nitrogens with zero attached hydrogens (tertiary/aromatic N) is 1. The molecule has 0 spiro atoms. The fraction of sp³-hybridized carbons (Fsp3) is 0.500.